The molecule has 0 aliphatic heterocycles. The number of rotatable bonds is 10. The zero-order chi connectivity index (χ0) is 41.0. The summed E-state index contributed by atoms with van der Waals surface area (Å²) in [6, 6.07) is 78.6. The predicted molar refractivity (Wildman–Crippen MR) is 257 cm³/mol. The molecule has 3 nitrogen and oxygen atoms in total. The lowest BCUT2D eigenvalue weighted by Crippen LogP contribution is -2.02. The number of aromatic nitrogens is 3. The van der Waals surface area contributed by atoms with Crippen molar-refractivity contribution in [2.24, 2.45) is 0 Å². The second-order valence-corrected chi connectivity index (χ2v) is 15.1. The molecule has 288 valence electrons. The summed E-state index contributed by atoms with van der Waals surface area (Å²) >= 11 is 0. The summed E-state index contributed by atoms with van der Waals surface area (Å²) in [5.41, 5.74) is 15.4. The maximum absolute atomic E-state index is 5.20. The minimum absolute atomic E-state index is 0.646. The van der Waals surface area contributed by atoms with E-state index in [4.69, 9.17) is 16.5 Å². The Morgan fingerprint density at radius 1 is 0.426 bits per heavy atom. The molecule has 10 aromatic rings. The molecule has 0 radical (unpaired) electrons. The van der Waals surface area contributed by atoms with Gasteiger partial charge in [-0.2, -0.15) is 0 Å². The fourth-order valence-corrected chi connectivity index (χ4v) is 8.12. The van der Waals surface area contributed by atoms with Gasteiger partial charge in [0.25, 0.3) is 0 Å². The molecule has 0 amide bonds. The van der Waals surface area contributed by atoms with Crippen LogP contribution in [0.4, 0.5) is 0 Å². The van der Waals surface area contributed by atoms with E-state index in [0.29, 0.717) is 5.82 Å². The Labute approximate surface area is 356 Å². The van der Waals surface area contributed by atoms with Crippen molar-refractivity contribution in [1.82, 2.24) is 14.5 Å². The Kier molecular flexibility index (Phi) is 10.1. The van der Waals surface area contributed by atoms with Crippen LogP contribution in [0.25, 0.3) is 89.6 Å². The smallest absolute Gasteiger partial charge is 0.160 e. The highest BCUT2D eigenvalue weighted by Gasteiger charge is 2.20. The van der Waals surface area contributed by atoms with Crippen molar-refractivity contribution in [3.05, 3.63) is 254 Å². The van der Waals surface area contributed by atoms with Crippen LogP contribution in [0.3, 0.4) is 0 Å². The highest BCUT2D eigenvalue weighted by molar-refractivity contribution is 6.17. The van der Waals surface area contributed by atoms with E-state index in [-0.39, 0.29) is 0 Å². The molecule has 0 saturated heterocycles. The van der Waals surface area contributed by atoms with Gasteiger partial charge >= 0.3 is 0 Å². The van der Waals surface area contributed by atoms with Gasteiger partial charge in [0.1, 0.15) is 0 Å². The second-order valence-electron chi connectivity index (χ2n) is 15.1. The molecule has 10 rings (SSSR count). The molecule has 0 atom stereocenters. The van der Waals surface area contributed by atoms with Crippen LogP contribution >= 0.6 is 0 Å². The minimum atomic E-state index is 0.646. The number of benzene rings is 8. The minimum Gasteiger partial charge on any atom is -0.309 e. The molecule has 0 aliphatic carbocycles. The third kappa shape index (κ3) is 7.65. The molecule has 8 aromatic carbocycles. The van der Waals surface area contributed by atoms with Gasteiger partial charge in [-0.1, -0.05) is 207 Å². The molecule has 61 heavy (non-hydrogen) atoms. The number of fused-ring (bicyclic) bond motifs is 3. The van der Waals surface area contributed by atoms with Gasteiger partial charge < -0.3 is 4.57 Å². The van der Waals surface area contributed by atoms with Crippen LogP contribution in [0.1, 0.15) is 16.8 Å². The number of nitrogens with zero attached hydrogens (tertiary/aromatic N) is 3. The van der Waals surface area contributed by atoms with E-state index in [9.17, 15) is 0 Å². The van der Waals surface area contributed by atoms with E-state index in [2.05, 4.69) is 217 Å². The Bertz CT molecular complexity index is 3200. The second kappa shape index (κ2) is 16.6. The average molecular weight is 780 g/mol. The van der Waals surface area contributed by atoms with E-state index in [1.807, 2.05) is 24.3 Å². The zero-order valence-electron chi connectivity index (χ0n) is 33.6. The van der Waals surface area contributed by atoms with Gasteiger partial charge in [-0.15, -0.1) is 0 Å². The van der Waals surface area contributed by atoms with Crippen LogP contribution in [0.5, 0.6) is 0 Å². The van der Waals surface area contributed by atoms with Crippen LogP contribution in [0.15, 0.2) is 237 Å². The third-order valence-corrected chi connectivity index (χ3v) is 11.2. The van der Waals surface area contributed by atoms with Crippen molar-refractivity contribution < 1.29 is 0 Å². The van der Waals surface area contributed by atoms with Crippen LogP contribution in [-0.2, 0) is 0 Å². The highest BCUT2D eigenvalue weighted by Crippen LogP contribution is 2.41. The Morgan fingerprint density at radius 3 is 1.61 bits per heavy atom. The number of para-hydroxylation sites is 1. The highest BCUT2D eigenvalue weighted by atomic mass is 15.0. The molecule has 0 saturated carbocycles. The molecule has 2 heterocycles. The summed E-state index contributed by atoms with van der Waals surface area (Å²) in [5, 5.41) is 2.38. The van der Waals surface area contributed by atoms with E-state index < -0.39 is 0 Å². The van der Waals surface area contributed by atoms with Gasteiger partial charge in [0.15, 0.2) is 5.82 Å². The van der Waals surface area contributed by atoms with E-state index >= 15 is 0 Å². The molecule has 0 fully saturated rings. The summed E-state index contributed by atoms with van der Waals surface area (Å²) in [6.45, 7) is 4.75. The van der Waals surface area contributed by atoms with Gasteiger partial charge in [-0.3, -0.25) is 0 Å². The van der Waals surface area contributed by atoms with Crippen molar-refractivity contribution in [2.45, 2.75) is 0 Å². The first-order valence-corrected chi connectivity index (χ1v) is 20.6. The lowest BCUT2D eigenvalue weighted by molar-refractivity contribution is 1.16. The van der Waals surface area contributed by atoms with Crippen molar-refractivity contribution in [1.29, 1.82) is 0 Å². The molecule has 0 N–H and O–H groups in total. The number of hydrogen-bond donors (Lipinski definition) is 0. The summed E-state index contributed by atoms with van der Waals surface area (Å²) in [5.74, 6) is 0.646. The molecule has 0 bridgehead atoms. The van der Waals surface area contributed by atoms with Crippen molar-refractivity contribution in [3.8, 4) is 44.9 Å². The lowest BCUT2D eigenvalue weighted by Gasteiger charge is -2.19. The average Bonchev–Trinajstić information content (AvgIpc) is 3.67. The normalized spacial score (nSPS) is 11.9. The Hall–Kier alpha value is -8.14. The maximum Gasteiger partial charge on any atom is 0.160 e. The van der Waals surface area contributed by atoms with Gasteiger partial charge in [0, 0.05) is 27.5 Å². The van der Waals surface area contributed by atoms with Crippen LogP contribution in [-0.4, -0.2) is 14.5 Å². The monoisotopic (exact) mass is 779 g/mol. The van der Waals surface area contributed by atoms with Crippen LogP contribution in [0, 0.1) is 0 Å². The fraction of sp³-hybridized carbons (Fsp3) is 0. The van der Waals surface area contributed by atoms with E-state index in [1.54, 1.807) is 0 Å². The van der Waals surface area contributed by atoms with Gasteiger partial charge in [-0.05, 0) is 75.4 Å². The maximum atomic E-state index is 5.20. The Morgan fingerprint density at radius 2 is 0.934 bits per heavy atom. The summed E-state index contributed by atoms with van der Waals surface area (Å²) in [4.78, 5) is 10.3. The van der Waals surface area contributed by atoms with Crippen molar-refractivity contribution >= 4 is 44.7 Å². The van der Waals surface area contributed by atoms with E-state index in [0.717, 1.165) is 67.1 Å². The van der Waals surface area contributed by atoms with Gasteiger partial charge in [0.05, 0.1) is 28.1 Å². The largest absolute Gasteiger partial charge is 0.309 e. The van der Waals surface area contributed by atoms with E-state index in [1.165, 1.54) is 27.5 Å². The first kappa shape index (κ1) is 37.2. The molecule has 0 spiro atoms. The summed E-state index contributed by atoms with van der Waals surface area (Å²) < 4.78 is 2.41. The molecule has 3 heteroatoms. The van der Waals surface area contributed by atoms with Crippen LogP contribution in [0.2, 0.25) is 0 Å². The fourth-order valence-electron chi connectivity index (χ4n) is 8.12. The van der Waals surface area contributed by atoms with Crippen molar-refractivity contribution in [2.75, 3.05) is 0 Å². The number of hydrogen-bond acceptors (Lipinski definition) is 2. The molecular formula is C58H41N3. The van der Waals surface area contributed by atoms with Gasteiger partial charge in [0.2, 0.25) is 0 Å². The molecule has 2 aromatic heterocycles. The topological polar surface area (TPSA) is 30.7 Å². The predicted octanol–water partition coefficient (Wildman–Crippen LogP) is 15.0. The quantitative estimate of drug-likeness (QED) is 0.129. The summed E-state index contributed by atoms with van der Waals surface area (Å²) in [6.07, 6.45) is 4.49. The summed E-state index contributed by atoms with van der Waals surface area (Å²) in [7, 11) is 0. The Balaban J connectivity index is 1.17. The third-order valence-electron chi connectivity index (χ3n) is 11.2. The zero-order valence-corrected chi connectivity index (χ0v) is 33.6. The molecule has 0 aliphatic rings. The number of allylic oxidation sites excluding steroid dienone is 4. The molecule has 0 unspecified atom stereocenters. The van der Waals surface area contributed by atoms with Crippen LogP contribution < -0.4 is 0 Å². The van der Waals surface area contributed by atoms with Gasteiger partial charge in [-0.25, -0.2) is 9.97 Å². The SMILES string of the molecule is C=C(/C=C(\C(=C\c1ccccc1)n1c2ccccc2c2cc(-c3ccccc3)ccc21)c1ccccc1)c1cc(-c2ccc(-c3ccccc3)cc2)nc(-c2ccccc2)n1. The first-order chi connectivity index (χ1) is 30.2. The molecular weight excluding hydrogens is 739 g/mol. The van der Waals surface area contributed by atoms with Crippen molar-refractivity contribution in [3.63, 3.8) is 0 Å². The first-order valence-electron chi connectivity index (χ1n) is 20.6. The lowest BCUT2D eigenvalue weighted by atomic mass is 9.96. The standard InChI is InChI=1S/C58H41N3/c1-41(53-40-54(60-58(59-53)48-27-15-6-16-28-48)47-33-31-45(32-34-47)43-21-9-3-10-22-43)37-51(46-25-13-5-14-26-46)57(38-42-19-7-2-8-20-42)61-55-30-18-17-29-50(55)52-39-49(35-36-56(52)61)44-23-11-4-12-24-44/h2-40H,1H2/b51-37-,57-38-.